The third-order valence-corrected chi connectivity index (χ3v) is 4.81. The number of ether oxygens (including phenoxy) is 3. The molecule has 0 aromatic heterocycles. The van der Waals surface area contributed by atoms with Crippen LogP contribution in [0.4, 0.5) is 5.69 Å². The minimum atomic E-state index is 0.695. The largest absolute Gasteiger partial charge is 0.495 e. The summed E-state index contributed by atoms with van der Waals surface area (Å²) in [5.74, 6) is 2.34. The first-order valence-corrected chi connectivity index (χ1v) is 8.53. The maximum Gasteiger partial charge on any atom is 0.161 e. The van der Waals surface area contributed by atoms with Crippen molar-refractivity contribution in [3.8, 4) is 17.2 Å². The zero-order chi connectivity index (χ0) is 17.8. The minimum absolute atomic E-state index is 0.695. The van der Waals surface area contributed by atoms with E-state index in [1.807, 2.05) is 12.1 Å². The molecule has 2 aromatic rings. The number of hydrogen-bond donors (Lipinski definition) is 1. The predicted octanol–water partition coefficient (Wildman–Crippen LogP) is 2.90. The van der Waals surface area contributed by atoms with Crippen LogP contribution < -0.4 is 19.9 Å². The van der Waals surface area contributed by atoms with Crippen molar-refractivity contribution in [2.24, 2.45) is 0 Å². The van der Waals surface area contributed by atoms with Crippen LogP contribution in [0.5, 0.6) is 17.2 Å². The normalized spacial score (nSPS) is 14.0. The molecule has 25 heavy (non-hydrogen) atoms. The summed E-state index contributed by atoms with van der Waals surface area (Å²) in [4.78, 5) is 2.47. The molecule has 0 fully saturated rings. The van der Waals surface area contributed by atoms with Gasteiger partial charge in [0.25, 0.3) is 0 Å². The standard InChI is InChI=1S/C20H26N2O3/c1-23-18-5-4-14(10-17(18)21)6-8-22-9-7-15-11-19(24-2)20(25-3)12-16(15)13-22/h4-5,10-12H,6-9,13,21H2,1-3H3. The molecule has 1 aliphatic rings. The van der Waals surface area contributed by atoms with Crippen molar-refractivity contribution in [3.63, 3.8) is 0 Å². The average molecular weight is 342 g/mol. The van der Waals surface area contributed by atoms with Gasteiger partial charge in [-0.25, -0.2) is 0 Å². The van der Waals surface area contributed by atoms with E-state index in [9.17, 15) is 0 Å². The SMILES string of the molecule is COc1ccc(CCN2CCc3cc(OC)c(OC)cc3C2)cc1N. The predicted molar refractivity (Wildman–Crippen MR) is 99.6 cm³/mol. The number of rotatable bonds is 6. The van der Waals surface area contributed by atoms with Crippen LogP contribution in [0.3, 0.4) is 0 Å². The number of benzene rings is 2. The summed E-state index contributed by atoms with van der Waals surface area (Å²) in [6.45, 7) is 2.98. The Morgan fingerprint density at radius 2 is 1.60 bits per heavy atom. The van der Waals surface area contributed by atoms with Crippen LogP contribution in [-0.2, 0) is 19.4 Å². The third-order valence-electron chi connectivity index (χ3n) is 4.81. The van der Waals surface area contributed by atoms with Gasteiger partial charge in [-0.05, 0) is 53.8 Å². The average Bonchev–Trinajstić information content (AvgIpc) is 2.65. The highest BCUT2D eigenvalue weighted by atomic mass is 16.5. The molecule has 0 saturated carbocycles. The summed E-state index contributed by atoms with van der Waals surface area (Å²) in [5.41, 5.74) is 10.6. The maximum atomic E-state index is 6.00. The van der Waals surface area contributed by atoms with Crippen LogP contribution in [-0.4, -0.2) is 39.3 Å². The molecular weight excluding hydrogens is 316 g/mol. The van der Waals surface area contributed by atoms with Crippen LogP contribution in [0.2, 0.25) is 0 Å². The lowest BCUT2D eigenvalue weighted by atomic mass is 9.98. The number of nitrogens with zero attached hydrogens (tertiary/aromatic N) is 1. The van der Waals surface area contributed by atoms with Gasteiger partial charge in [0, 0.05) is 19.6 Å². The highest BCUT2D eigenvalue weighted by molar-refractivity contribution is 5.54. The van der Waals surface area contributed by atoms with Crippen LogP contribution >= 0.6 is 0 Å². The number of anilines is 1. The summed E-state index contributed by atoms with van der Waals surface area (Å²) in [6.07, 6.45) is 2.00. The molecule has 1 heterocycles. The lowest BCUT2D eigenvalue weighted by molar-refractivity contribution is 0.255. The second-order valence-corrected chi connectivity index (χ2v) is 6.33. The zero-order valence-electron chi connectivity index (χ0n) is 15.2. The monoisotopic (exact) mass is 342 g/mol. The van der Waals surface area contributed by atoms with E-state index in [0.29, 0.717) is 5.69 Å². The Morgan fingerprint density at radius 1 is 0.920 bits per heavy atom. The van der Waals surface area contributed by atoms with E-state index in [-0.39, 0.29) is 0 Å². The van der Waals surface area contributed by atoms with E-state index in [0.717, 1.165) is 49.7 Å². The fourth-order valence-corrected chi connectivity index (χ4v) is 3.36. The Bertz CT molecular complexity index is 746. The molecule has 0 atom stereocenters. The molecule has 0 bridgehead atoms. The van der Waals surface area contributed by atoms with Crippen molar-refractivity contribution >= 4 is 5.69 Å². The van der Waals surface area contributed by atoms with E-state index in [1.165, 1.54) is 16.7 Å². The Morgan fingerprint density at radius 3 is 2.24 bits per heavy atom. The van der Waals surface area contributed by atoms with Crippen molar-refractivity contribution < 1.29 is 14.2 Å². The Labute approximate surface area is 149 Å². The molecule has 2 aromatic carbocycles. The molecule has 134 valence electrons. The number of fused-ring (bicyclic) bond motifs is 1. The fraction of sp³-hybridized carbons (Fsp3) is 0.400. The van der Waals surface area contributed by atoms with Crippen molar-refractivity contribution in [2.75, 3.05) is 40.2 Å². The van der Waals surface area contributed by atoms with Crippen LogP contribution in [0.1, 0.15) is 16.7 Å². The van der Waals surface area contributed by atoms with Gasteiger partial charge in [-0.15, -0.1) is 0 Å². The van der Waals surface area contributed by atoms with Crippen molar-refractivity contribution in [2.45, 2.75) is 19.4 Å². The molecule has 0 spiro atoms. The van der Waals surface area contributed by atoms with E-state index in [1.54, 1.807) is 21.3 Å². The smallest absolute Gasteiger partial charge is 0.161 e. The fourth-order valence-electron chi connectivity index (χ4n) is 3.36. The van der Waals surface area contributed by atoms with Gasteiger partial charge >= 0.3 is 0 Å². The first-order chi connectivity index (χ1) is 12.1. The topological polar surface area (TPSA) is 57.0 Å². The Balaban J connectivity index is 1.66. The van der Waals surface area contributed by atoms with Crippen LogP contribution in [0.25, 0.3) is 0 Å². The lowest BCUT2D eigenvalue weighted by Gasteiger charge is -2.29. The Hall–Kier alpha value is -2.40. The summed E-state index contributed by atoms with van der Waals surface area (Å²) in [7, 11) is 5.00. The van der Waals surface area contributed by atoms with Gasteiger partial charge < -0.3 is 19.9 Å². The summed E-state index contributed by atoms with van der Waals surface area (Å²) in [5, 5.41) is 0. The molecule has 5 nitrogen and oxygen atoms in total. The molecule has 5 heteroatoms. The minimum Gasteiger partial charge on any atom is -0.495 e. The van der Waals surface area contributed by atoms with E-state index in [4.69, 9.17) is 19.9 Å². The molecule has 3 rings (SSSR count). The van der Waals surface area contributed by atoms with E-state index in [2.05, 4.69) is 23.1 Å². The van der Waals surface area contributed by atoms with Gasteiger partial charge in [0.1, 0.15) is 5.75 Å². The Kier molecular flexibility index (Phi) is 5.34. The molecule has 0 radical (unpaired) electrons. The second kappa shape index (κ2) is 7.66. The summed E-state index contributed by atoms with van der Waals surface area (Å²) < 4.78 is 16.1. The van der Waals surface area contributed by atoms with E-state index < -0.39 is 0 Å². The molecule has 0 unspecified atom stereocenters. The van der Waals surface area contributed by atoms with Gasteiger partial charge in [-0.1, -0.05) is 6.07 Å². The highest BCUT2D eigenvalue weighted by Crippen LogP contribution is 2.33. The van der Waals surface area contributed by atoms with Gasteiger partial charge in [0.15, 0.2) is 11.5 Å². The second-order valence-electron chi connectivity index (χ2n) is 6.33. The van der Waals surface area contributed by atoms with Gasteiger partial charge in [-0.3, -0.25) is 4.90 Å². The van der Waals surface area contributed by atoms with Crippen LogP contribution in [0, 0.1) is 0 Å². The van der Waals surface area contributed by atoms with Crippen molar-refractivity contribution in [1.82, 2.24) is 4.90 Å². The first-order valence-electron chi connectivity index (χ1n) is 8.53. The number of nitrogen functional groups attached to an aromatic ring is 1. The van der Waals surface area contributed by atoms with Gasteiger partial charge in [-0.2, -0.15) is 0 Å². The maximum absolute atomic E-state index is 6.00. The lowest BCUT2D eigenvalue weighted by Crippen LogP contribution is -2.32. The van der Waals surface area contributed by atoms with Crippen LogP contribution in [0.15, 0.2) is 30.3 Å². The van der Waals surface area contributed by atoms with Gasteiger partial charge in [0.05, 0.1) is 27.0 Å². The number of hydrogen-bond acceptors (Lipinski definition) is 5. The third kappa shape index (κ3) is 3.82. The molecule has 0 amide bonds. The molecule has 0 aliphatic carbocycles. The molecule has 0 saturated heterocycles. The quantitative estimate of drug-likeness (QED) is 0.818. The zero-order valence-corrected chi connectivity index (χ0v) is 15.2. The highest BCUT2D eigenvalue weighted by Gasteiger charge is 2.19. The molecule has 2 N–H and O–H groups in total. The summed E-state index contributed by atoms with van der Waals surface area (Å²) >= 11 is 0. The number of nitrogens with two attached hydrogens (primary N) is 1. The summed E-state index contributed by atoms with van der Waals surface area (Å²) in [6, 6.07) is 10.2. The van der Waals surface area contributed by atoms with Crippen molar-refractivity contribution in [1.29, 1.82) is 0 Å². The first kappa shape index (κ1) is 17.4. The van der Waals surface area contributed by atoms with Gasteiger partial charge in [0.2, 0.25) is 0 Å². The molecule has 1 aliphatic heterocycles. The van der Waals surface area contributed by atoms with Crippen molar-refractivity contribution in [3.05, 3.63) is 47.0 Å². The van der Waals surface area contributed by atoms with E-state index >= 15 is 0 Å². The molecular formula is C20H26N2O3. The number of methoxy groups -OCH3 is 3.